The minimum absolute atomic E-state index is 0.0385. The quantitative estimate of drug-likeness (QED) is 0.486. The van der Waals surface area contributed by atoms with Crippen LogP contribution in [-0.4, -0.2) is 34.0 Å². The van der Waals surface area contributed by atoms with Gasteiger partial charge in [-0.2, -0.15) is 4.98 Å². The lowest BCUT2D eigenvalue weighted by Crippen LogP contribution is -2.35. The molecule has 1 amide bonds. The second kappa shape index (κ2) is 7.96. The van der Waals surface area contributed by atoms with Gasteiger partial charge < -0.3 is 9.80 Å². The molecule has 0 saturated heterocycles. The van der Waals surface area contributed by atoms with Gasteiger partial charge in [-0.25, -0.2) is 4.98 Å². The molecule has 0 bridgehead atoms. The summed E-state index contributed by atoms with van der Waals surface area (Å²) in [6, 6.07) is 18.0. The van der Waals surface area contributed by atoms with Crippen molar-refractivity contribution in [2.45, 2.75) is 19.5 Å². The summed E-state index contributed by atoms with van der Waals surface area (Å²) >= 11 is 1.31. The van der Waals surface area contributed by atoms with Gasteiger partial charge in [-0.3, -0.25) is 14.2 Å². The molecule has 156 valence electrons. The minimum Gasteiger partial charge on any atom is -0.347 e. The van der Waals surface area contributed by atoms with Crippen LogP contribution in [0.3, 0.4) is 0 Å². The Labute approximate surface area is 183 Å². The highest BCUT2D eigenvalue weighted by atomic mass is 32.1. The first-order valence-electron chi connectivity index (χ1n) is 10.1. The average Bonchev–Trinajstić information content (AvgIpc) is 3.41. The SMILES string of the molecule is CN(Cc1ccccc1)c1nc2ncn(CC(=O)N3CCc4ccccc43)c(=O)c2s1. The first-order valence-corrected chi connectivity index (χ1v) is 10.9. The van der Waals surface area contributed by atoms with E-state index in [0.717, 1.165) is 28.4 Å². The molecule has 2 aromatic heterocycles. The van der Waals surface area contributed by atoms with Crippen molar-refractivity contribution in [3.63, 3.8) is 0 Å². The second-order valence-electron chi connectivity index (χ2n) is 7.59. The highest BCUT2D eigenvalue weighted by Gasteiger charge is 2.25. The second-order valence-corrected chi connectivity index (χ2v) is 8.57. The van der Waals surface area contributed by atoms with E-state index in [1.54, 1.807) is 4.90 Å². The zero-order chi connectivity index (χ0) is 21.4. The summed E-state index contributed by atoms with van der Waals surface area (Å²) in [4.78, 5) is 38.5. The average molecular weight is 432 g/mol. The normalized spacial score (nSPS) is 12.9. The Balaban J connectivity index is 1.38. The molecule has 0 fully saturated rings. The Bertz CT molecular complexity index is 1310. The van der Waals surface area contributed by atoms with Crippen LogP contribution in [0.15, 0.2) is 65.7 Å². The van der Waals surface area contributed by atoms with E-state index in [4.69, 9.17) is 0 Å². The van der Waals surface area contributed by atoms with Gasteiger partial charge in [-0.15, -0.1) is 0 Å². The van der Waals surface area contributed by atoms with Crippen LogP contribution >= 0.6 is 11.3 Å². The number of hydrogen-bond acceptors (Lipinski definition) is 6. The zero-order valence-corrected chi connectivity index (χ0v) is 17.9. The van der Waals surface area contributed by atoms with Crippen LogP contribution in [0, 0.1) is 0 Å². The molecule has 0 unspecified atom stereocenters. The number of nitrogens with zero attached hydrogens (tertiary/aromatic N) is 5. The largest absolute Gasteiger partial charge is 0.347 e. The van der Waals surface area contributed by atoms with E-state index in [9.17, 15) is 9.59 Å². The fourth-order valence-electron chi connectivity index (χ4n) is 3.86. The molecule has 4 aromatic rings. The van der Waals surface area contributed by atoms with E-state index in [2.05, 4.69) is 22.1 Å². The Kier molecular flexibility index (Phi) is 4.99. The van der Waals surface area contributed by atoms with E-state index in [0.29, 0.717) is 23.4 Å². The third-order valence-electron chi connectivity index (χ3n) is 5.46. The Morgan fingerprint density at radius 3 is 2.74 bits per heavy atom. The van der Waals surface area contributed by atoms with Crippen LogP contribution in [0.4, 0.5) is 10.8 Å². The third kappa shape index (κ3) is 3.70. The smallest absolute Gasteiger partial charge is 0.273 e. The van der Waals surface area contributed by atoms with Gasteiger partial charge in [0.05, 0.1) is 0 Å². The van der Waals surface area contributed by atoms with Gasteiger partial charge in [0, 0.05) is 25.8 Å². The predicted molar refractivity (Wildman–Crippen MR) is 123 cm³/mol. The maximum absolute atomic E-state index is 13.0. The van der Waals surface area contributed by atoms with Gasteiger partial charge in [0.2, 0.25) is 5.91 Å². The van der Waals surface area contributed by atoms with Crippen LogP contribution in [-0.2, 0) is 24.3 Å². The molecule has 0 radical (unpaired) electrons. The van der Waals surface area contributed by atoms with Crippen molar-refractivity contribution < 1.29 is 4.79 Å². The molecule has 0 spiro atoms. The molecule has 1 aliphatic rings. The van der Waals surface area contributed by atoms with Crippen molar-refractivity contribution in [2.24, 2.45) is 0 Å². The van der Waals surface area contributed by atoms with Crippen LogP contribution in [0.25, 0.3) is 10.3 Å². The summed E-state index contributed by atoms with van der Waals surface area (Å²) in [5.41, 5.74) is 3.43. The molecule has 0 aliphatic carbocycles. The number of carbonyl (C=O) groups is 1. The zero-order valence-electron chi connectivity index (χ0n) is 17.1. The molecule has 0 saturated carbocycles. The Morgan fingerprint density at radius 1 is 1.13 bits per heavy atom. The monoisotopic (exact) mass is 431 g/mol. The molecule has 5 rings (SSSR count). The fraction of sp³-hybridized carbons (Fsp3) is 0.217. The number of benzene rings is 2. The lowest BCUT2D eigenvalue weighted by molar-refractivity contribution is -0.119. The number of hydrogen-bond donors (Lipinski definition) is 0. The van der Waals surface area contributed by atoms with E-state index in [-0.39, 0.29) is 18.0 Å². The molecular weight excluding hydrogens is 410 g/mol. The van der Waals surface area contributed by atoms with Crippen molar-refractivity contribution in [2.75, 3.05) is 23.4 Å². The number of para-hydroxylation sites is 1. The Morgan fingerprint density at radius 2 is 1.90 bits per heavy atom. The van der Waals surface area contributed by atoms with E-state index in [1.807, 2.05) is 54.4 Å². The van der Waals surface area contributed by atoms with Gasteiger partial charge in [0.1, 0.15) is 17.6 Å². The first-order chi connectivity index (χ1) is 15.1. The number of carbonyl (C=O) groups excluding carboxylic acids is 1. The number of rotatable bonds is 5. The van der Waals surface area contributed by atoms with Crippen molar-refractivity contribution >= 4 is 38.4 Å². The molecular formula is C23H21N5O2S. The summed E-state index contributed by atoms with van der Waals surface area (Å²) < 4.78 is 1.84. The third-order valence-corrected chi connectivity index (χ3v) is 6.60. The minimum atomic E-state index is -0.234. The van der Waals surface area contributed by atoms with Crippen LogP contribution < -0.4 is 15.4 Å². The summed E-state index contributed by atoms with van der Waals surface area (Å²) in [5, 5.41) is 0.723. The maximum atomic E-state index is 13.0. The van der Waals surface area contributed by atoms with Crippen LogP contribution in [0.5, 0.6) is 0 Å². The van der Waals surface area contributed by atoms with E-state index < -0.39 is 0 Å². The number of fused-ring (bicyclic) bond motifs is 2. The van der Waals surface area contributed by atoms with Crippen molar-refractivity contribution in [3.8, 4) is 0 Å². The molecule has 7 nitrogen and oxygen atoms in total. The van der Waals surface area contributed by atoms with Gasteiger partial charge >= 0.3 is 0 Å². The van der Waals surface area contributed by atoms with Crippen LogP contribution in [0.2, 0.25) is 0 Å². The van der Waals surface area contributed by atoms with E-state index in [1.165, 1.54) is 22.2 Å². The summed E-state index contributed by atoms with van der Waals surface area (Å²) in [5.74, 6) is -0.112. The number of amides is 1. The summed E-state index contributed by atoms with van der Waals surface area (Å²) in [6.07, 6.45) is 2.26. The summed E-state index contributed by atoms with van der Waals surface area (Å²) in [7, 11) is 1.94. The highest BCUT2D eigenvalue weighted by Crippen LogP contribution is 2.28. The molecule has 3 heterocycles. The fourth-order valence-corrected chi connectivity index (χ4v) is 4.79. The Hall–Kier alpha value is -3.52. The lowest BCUT2D eigenvalue weighted by Gasteiger charge is -2.17. The number of thiazole rings is 1. The molecule has 0 N–H and O–H groups in total. The number of anilines is 2. The predicted octanol–water partition coefficient (Wildman–Crippen LogP) is 3.08. The maximum Gasteiger partial charge on any atom is 0.273 e. The standard InChI is InChI=1S/C23H21N5O2S/c1-26(13-16-7-3-2-4-8-16)23-25-21-20(31-23)22(30)27(15-24-21)14-19(29)28-12-11-17-9-5-6-10-18(17)28/h2-10,15H,11-14H2,1H3. The highest BCUT2D eigenvalue weighted by molar-refractivity contribution is 7.22. The van der Waals surface area contributed by atoms with Crippen molar-refractivity contribution in [1.82, 2.24) is 14.5 Å². The molecule has 0 atom stereocenters. The van der Waals surface area contributed by atoms with Crippen molar-refractivity contribution in [3.05, 3.63) is 82.4 Å². The first kappa shape index (κ1) is 19.4. The van der Waals surface area contributed by atoms with Crippen molar-refractivity contribution in [1.29, 1.82) is 0 Å². The van der Waals surface area contributed by atoms with Crippen LogP contribution in [0.1, 0.15) is 11.1 Å². The topological polar surface area (TPSA) is 71.3 Å². The molecule has 8 heteroatoms. The number of aromatic nitrogens is 3. The molecule has 1 aliphatic heterocycles. The van der Waals surface area contributed by atoms with Gasteiger partial charge in [-0.1, -0.05) is 59.9 Å². The summed E-state index contributed by atoms with van der Waals surface area (Å²) in [6.45, 7) is 1.28. The van der Waals surface area contributed by atoms with Gasteiger partial charge in [0.15, 0.2) is 10.8 Å². The van der Waals surface area contributed by atoms with Gasteiger partial charge in [0.25, 0.3) is 5.56 Å². The van der Waals surface area contributed by atoms with Gasteiger partial charge in [-0.05, 0) is 23.6 Å². The van der Waals surface area contributed by atoms with E-state index >= 15 is 0 Å². The molecule has 2 aromatic carbocycles. The molecule has 31 heavy (non-hydrogen) atoms. The lowest BCUT2D eigenvalue weighted by atomic mass is 10.2.